The predicted molar refractivity (Wildman–Crippen MR) is 112 cm³/mol. The number of halogens is 1. The Morgan fingerprint density at radius 3 is 2.62 bits per heavy atom. The summed E-state index contributed by atoms with van der Waals surface area (Å²) in [5, 5.41) is 5.97. The van der Waals surface area contributed by atoms with Crippen LogP contribution in [-0.4, -0.2) is 51.2 Å². The lowest BCUT2D eigenvalue weighted by molar-refractivity contribution is 0.240. The van der Waals surface area contributed by atoms with Crippen molar-refractivity contribution in [3.63, 3.8) is 0 Å². The van der Waals surface area contributed by atoms with Crippen LogP contribution in [-0.2, 0) is 6.54 Å². The molecule has 3 aromatic heterocycles. The van der Waals surface area contributed by atoms with E-state index in [4.69, 9.17) is 16.1 Å². The molecule has 1 saturated heterocycles. The molecular formula is C21H19ClN6O. The van der Waals surface area contributed by atoms with Crippen LogP contribution in [0.2, 0.25) is 5.02 Å². The van der Waals surface area contributed by atoms with Crippen molar-refractivity contribution in [3.05, 3.63) is 65.8 Å². The van der Waals surface area contributed by atoms with E-state index in [0.29, 0.717) is 23.3 Å². The molecule has 0 N–H and O–H groups in total. The van der Waals surface area contributed by atoms with Gasteiger partial charge in [-0.05, 0) is 36.4 Å². The molecule has 4 heterocycles. The van der Waals surface area contributed by atoms with Crippen molar-refractivity contribution in [2.24, 2.45) is 0 Å². The summed E-state index contributed by atoms with van der Waals surface area (Å²) >= 11 is 6.11. The lowest BCUT2D eigenvalue weighted by Gasteiger charge is -2.36. The van der Waals surface area contributed by atoms with Gasteiger partial charge in [-0.1, -0.05) is 16.8 Å². The van der Waals surface area contributed by atoms with Crippen molar-refractivity contribution in [3.8, 4) is 11.5 Å². The fourth-order valence-corrected chi connectivity index (χ4v) is 3.83. The average Bonchev–Trinajstić information content (AvgIpc) is 3.23. The smallest absolute Gasteiger partial charge is 0.258 e. The molecule has 1 fully saturated rings. The van der Waals surface area contributed by atoms with Crippen LogP contribution in [0.4, 0.5) is 5.69 Å². The minimum Gasteiger partial charge on any atom is -0.368 e. The molecule has 4 aromatic rings. The van der Waals surface area contributed by atoms with Gasteiger partial charge in [0.1, 0.15) is 0 Å². The number of piperazine rings is 1. The van der Waals surface area contributed by atoms with Gasteiger partial charge in [0, 0.05) is 66.4 Å². The summed E-state index contributed by atoms with van der Waals surface area (Å²) in [7, 11) is 0. The molecule has 0 saturated carbocycles. The predicted octanol–water partition coefficient (Wildman–Crippen LogP) is 3.66. The number of pyridine rings is 2. The van der Waals surface area contributed by atoms with Crippen LogP contribution in [0.3, 0.4) is 0 Å². The first kappa shape index (κ1) is 18.0. The Balaban J connectivity index is 1.25. The first-order valence-corrected chi connectivity index (χ1v) is 9.89. The average molecular weight is 407 g/mol. The second-order valence-electron chi connectivity index (χ2n) is 7.01. The molecular weight excluding hydrogens is 388 g/mol. The molecule has 1 aliphatic rings. The number of nitrogens with zero attached hydrogens (tertiary/aromatic N) is 6. The van der Waals surface area contributed by atoms with Crippen molar-refractivity contribution in [2.75, 3.05) is 31.1 Å². The zero-order valence-electron chi connectivity index (χ0n) is 15.7. The fraction of sp³-hybridized carbons (Fsp3) is 0.238. The third-order valence-electron chi connectivity index (χ3n) is 5.16. The van der Waals surface area contributed by atoms with Gasteiger partial charge in [0.2, 0.25) is 0 Å². The highest BCUT2D eigenvalue weighted by molar-refractivity contribution is 6.31. The summed E-state index contributed by atoms with van der Waals surface area (Å²) in [5.74, 6) is 1.23. The van der Waals surface area contributed by atoms with Gasteiger partial charge in [0.05, 0.1) is 12.1 Å². The molecule has 0 atom stereocenters. The van der Waals surface area contributed by atoms with Crippen LogP contribution in [0.25, 0.3) is 22.4 Å². The molecule has 1 aromatic carbocycles. The molecule has 0 amide bonds. The second-order valence-corrected chi connectivity index (χ2v) is 7.44. The monoisotopic (exact) mass is 406 g/mol. The Labute approximate surface area is 172 Å². The Morgan fingerprint density at radius 2 is 1.79 bits per heavy atom. The fourth-order valence-electron chi connectivity index (χ4n) is 3.66. The summed E-state index contributed by atoms with van der Waals surface area (Å²) in [4.78, 5) is 17.7. The number of rotatable bonds is 4. The van der Waals surface area contributed by atoms with E-state index in [1.54, 1.807) is 12.4 Å². The summed E-state index contributed by atoms with van der Waals surface area (Å²) < 4.78 is 5.40. The standard InChI is InChI=1S/C21H19ClN6O/c22-16-1-2-17-18(13-16)24-8-5-19(17)28-11-9-27(10-12-28)14-20-25-21(29-26-20)15-3-6-23-7-4-15/h1-8,13H,9-12,14H2. The van der Waals surface area contributed by atoms with Crippen molar-refractivity contribution in [1.29, 1.82) is 0 Å². The number of hydrogen-bond donors (Lipinski definition) is 0. The van der Waals surface area contributed by atoms with Crippen molar-refractivity contribution in [2.45, 2.75) is 6.54 Å². The minimum absolute atomic E-state index is 0.531. The lowest BCUT2D eigenvalue weighted by Crippen LogP contribution is -2.46. The number of aromatic nitrogens is 4. The van der Waals surface area contributed by atoms with E-state index >= 15 is 0 Å². The minimum atomic E-state index is 0.531. The maximum atomic E-state index is 6.11. The lowest BCUT2D eigenvalue weighted by atomic mass is 10.1. The Hall–Kier alpha value is -3.03. The number of anilines is 1. The third kappa shape index (κ3) is 3.79. The molecule has 0 radical (unpaired) electrons. The van der Waals surface area contributed by atoms with E-state index in [9.17, 15) is 0 Å². The third-order valence-corrected chi connectivity index (χ3v) is 5.39. The Morgan fingerprint density at radius 1 is 0.966 bits per heavy atom. The van der Waals surface area contributed by atoms with Crippen LogP contribution in [0, 0.1) is 0 Å². The van der Waals surface area contributed by atoms with Gasteiger partial charge in [0.25, 0.3) is 5.89 Å². The summed E-state index contributed by atoms with van der Waals surface area (Å²) in [6.45, 7) is 4.38. The number of fused-ring (bicyclic) bond motifs is 1. The molecule has 0 spiro atoms. The normalized spacial score (nSPS) is 15.1. The van der Waals surface area contributed by atoms with Gasteiger partial charge in [-0.2, -0.15) is 4.98 Å². The van der Waals surface area contributed by atoms with Gasteiger partial charge >= 0.3 is 0 Å². The Bertz CT molecular complexity index is 1120. The van der Waals surface area contributed by atoms with Gasteiger partial charge < -0.3 is 9.42 Å². The van der Waals surface area contributed by atoms with Crippen LogP contribution in [0.1, 0.15) is 5.82 Å². The van der Waals surface area contributed by atoms with E-state index in [1.165, 1.54) is 5.69 Å². The molecule has 0 bridgehead atoms. The zero-order valence-corrected chi connectivity index (χ0v) is 16.5. The Kier molecular flexibility index (Phi) is 4.83. The van der Waals surface area contributed by atoms with Gasteiger partial charge in [-0.3, -0.25) is 14.9 Å². The van der Waals surface area contributed by atoms with Gasteiger partial charge in [-0.25, -0.2) is 0 Å². The highest BCUT2D eigenvalue weighted by atomic mass is 35.5. The highest BCUT2D eigenvalue weighted by Gasteiger charge is 2.21. The number of hydrogen-bond acceptors (Lipinski definition) is 7. The molecule has 29 heavy (non-hydrogen) atoms. The SMILES string of the molecule is Clc1ccc2c(N3CCN(Cc4noc(-c5ccncc5)n4)CC3)ccnc2c1. The van der Waals surface area contributed by atoms with Crippen molar-refractivity contribution < 1.29 is 4.52 Å². The largest absolute Gasteiger partial charge is 0.368 e. The molecule has 7 nitrogen and oxygen atoms in total. The van der Waals surface area contributed by atoms with Crippen LogP contribution < -0.4 is 4.90 Å². The van der Waals surface area contributed by atoms with E-state index in [-0.39, 0.29) is 0 Å². The van der Waals surface area contributed by atoms with E-state index in [1.807, 2.05) is 36.5 Å². The first-order valence-electron chi connectivity index (χ1n) is 9.51. The maximum Gasteiger partial charge on any atom is 0.258 e. The van der Waals surface area contributed by atoms with Crippen LogP contribution in [0.5, 0.6) is 0 Å². The van der Waals surface area contributed by atoms with Crippen molar-refractivity contribution in [1.82, 2.24) is 25.0 Å². The van der Waals surface area contributed by atoms with Gasteiger partial charge in [0.15, 0.2) is 5.82 Å². The van der Waals surface area contributed by atoms with E-state index < -0.39 is 0 Å². The van der Waals surface area contributed by atoms with E-state index in [2.05, 4.69) is 36.0 Å². The summed E-state index contributed by atoms with van der Waals surface area (Å²) in [5.41, 5.74) is 3.01. The van der Waals surface area contributed by atoms with Gasteiger partial charge in [-0.15, -0.1) is 0 Å². The molecule has 1 aliphatic heterocycles. The van der Waals surface area contributed by atoms with Crippen molar-refractivity contribution >= 4 is 28.2 Å². The highest BCUT2D eigenvalue weighted by Crippen LogP contribution is 2.28. The van der Waals surface area contributed by atoms with E-state index in [0.717, 1.165) is 42.6 Å². The molecule has 5 rings (SSSR count). The molecule has 0 unspecified atom stereocenters. The first-order chi connectivity index (χ1) is 14.3. The summed E-state index contributed by atoms with van der Waals surface area (Å²) in [6, 6.07) is 11.7. The number of benzene rings is 1. The second kappa shape index (κ2) is 7.77. The molecule has 0 aliphatic carbocycles. The zero-order chi connectivity index (χ0) is 19.6. The summed E-state index contributed by atoms with van der Waals surface area (Å²) in [6.07, 6.45) is 5.28. The molecule has 146 valence electrons. The quantitative estimate of drug-likeness (QED) is 0.512. The maximum absolute atomic E-state index is 6.11. The van der Waals surface area contributed by atoms with Crippen LogP contribution >= 0.6 is 11.6 Å². The molecule has 8 heteroatoms. The van der Waals surface area contributed by atoms with Crippen LogP contribution in [0.15, 0.2) is 59.5 Å². The topological polar surface area (TPSA) is 71.2 Å².